The summed E-state index contributed by atoms with van der Waals surface area (Å²) >= 11 is 0. The van der Waals surface area contributed by atoms with Crippen LogP contribution in [0.25, 0.3) is 0 Å². The second-order valence-electron chi connectivity index (χ2n) is 7.02. The number of carbonyl (C=O) groups is 4. The van der Waals surface area contributed by atoms with Gasteiger partial charge >= 0.3 is 12.0 Å². The molecule has 1 atom stereocenters. The van der Waals surface area contributed by atoms with Crippen LogP contribution in [0.5, 0.6) is 0 Å². The molecule has 0 aliphatic carbocycles. The van der Waals surface area contributed by atoms with Crippen LogP contribution in [-0.4, -0.2) is 35.5 Å². The zero-order valence-electron chi connectivity index (χ0n) is 14.5. The van der Waals surface area contributed by atoms with Gasteiger partial charge in [-0.25, -0.2) is 9.69 Å². The Kier molecular flexibility index (Phi) is 4.82. The highest BCUT2D eigenvalue weighted by molar-refractivity contribution is 6.20. The maximum absolute atomic E-state index is 12.4. The van der Waals surface area contributed by atoms with Gasteiger partial charge < -0.3 is 15.7 Å². The van der Waals surface area contributed by atoms with Crippen molar-refractivity contribution in [1.29, 1.82) is 0 Å². The molecule has 1 aliphatic heterocycles. The number of nitrogens with zero attached hydrogens (tertiary/aromatic N) is 1. The van der Waals surface area contributed by atoms with E-state index in [2.05, 4.69) is 10.6 Å². The first-order valence-corrected chi connectivity index (χ1v) is 7.77. The number of hydrogen-bond acceptors (Lipinski definition) is 4. The van der Waals surface area contributed by atoms with Gasteiger partial charge in [0.25, 0.3) is 5.91 Å². The number of amides is 4. The molecule has 4 amide bonds. The Morgan fingerprint density at radius 2 is 1.92 bits per heavy atom. The zero-order valence-corrected chi connectivity index (χ0v) is 14.5. The predicted octanol–water partition coefficient (Wildman–Crippen LogP) is 1.74. The molecule has 0 saturated carbocycles. The van der Waals surface area contributed by atoms with E-state index in [1.165, 1.54) is 6.07 Å². The highest BCUT2D eigenvalue weighted by Gasteiger charge is 2.38. The molecule has 8 nitrogen and oxygen atoms in total. The summed E-state index contributed by atoms with van der Waals surface area (Å²) in [5.74, 6) is -3.51. The van der Waals surface area contributed by atoms with Crippen molar-refractivity contribution in [3.63, 3.8) is 0 Å². The number of carbonyl (C=O) groups excluding carboxylic acids is 3. The summed E-state index contributed by atoms with van der Waals surface area (Å²) in [6.45, 7) is 6.65. The van der Waals surface area contributed by atoms with Crippen LogP contribution in [0.2, 0.25) is 0 Å². The fourth-order valence-corrected chi connectivity index (χ4v) is 2.68. The number of aryl methyl sites for hydroxylation is 1. The summed E-state index contributed by atoms with van der Waals surface area (Å²) in [5.41, 5.74) is 0.567. The first-order valence-electron chi connectivity index (χ1n) is 7.77. The van der Waals surface area contributed by atoms with Gasteiger partial charge in [-0.3, -0.25) is 14.4 Å². The molecule has 3 N–H and O–H groups in total. The van der Waals surface area contributed by atoms with Crippen molar-refractivity contribution < 1.29 is 24.3 Å². The van der Waals surface area contributed by atoms with Gasteiger partial charge in [-0.2, -0.15) is 0 Å². The lowest BCUT2D eigenvalue weighted by Gasteiger charge is -2.26. The Balaban J connectivity index is 2.31. The molecule has 25 heavy (non-hydrogen) atoms. The van der Waals surface area contributed by atoms with Crippen molar-refractivity contribution in [3.8, 4) is 0 Å². The molecule has 1 saturated heterocycles. The van der Waals surface area contributed by atoms with Gasteiger partial charge in [0.2, 0.25) is 5.91 Å². The van der Waals surface area contributed by atoms with Crippen molar-refractivity contribution in [2.75, 3.05) is 16.8 Å². The molecule has 1 fully saturated rings. The number of benzene rings is 1. The predicted molar refractivity (Wildman–Crippen MR) is 91.3 cm³/mol. The average molecular weight is 347 g/mol. The van der Waals surface area contributed by atoms with E-state index >= 15 is 0 Å². The molecule has 0 bridgehead atoms. The lowest BCUT2D eigenvalue weighted by Crippen LogP contribution is -2.39. The quantitative estimate of drug-likeness (QED) is 0.567. The minimum absolute atomic E-state index is 0.0834. The summed E-state index contributed by atoms with van der Waals surface area (Å²) in [4.78, 5) is 48.5. The molecular weight excluding hydrogens is 326 g/mol. The molecule has 0 spiro atoms. The van der Waals surface area contributed by atoms with E-state index in [0.29, 0.717) is 16.9 Å². The lowest BCUT2D eigenvalue weighted by molar-refractivity contribution is -0.149. The molecule has 8 heteroatoms. The summed E-state index contributed by atoms with van der Waals surface area (Å²) in [6, 6.07) is 4.19. The number of rotatable bonds is 4. The number of imide groups is 1. The van der Waals surface area contributed by atoms with Gasteiger partial charge in [0.15, 0.2) is 0 Å². The minimum atomic E-state index is -1.24. The van der Waals surface area contributed by atoms with Crippen LogP contribution in [0, 0.1) is 18.3 Å². The summed E-state index contributed by atoms with van der Waals surface area (Å²) in [6.07, 6.45) is 0. The Bertz CT molecular complexity index is 735. The molecule has 2 rings (SSSR count). The number of carboxylic acid groups (broad SMARTS) is 1. The van der Waals surface area contributed by atoms with E-state index in [9.17, 15) is 24.3 Å². The third-order valence-corrected chi connectivity index (χ3v) is 3.94. The SMILES string of the molecule is Cc1ccc(NC(=O)C(C(=O)O)C(C)(C)C)cc1N1C(=O)CNC1=O. The van der Waals surface area contributed by atoms with Crippen LogP contribution in [0.15, 0.2) is 18.2 Å². The van der Waals surface area contributed by atoms with Crippen molar-refractivity contribution in [2.45, 2.75) is 27.7 Å². The largest absolute Gasteiger partial charge is 0.481 e. The van der Waals surface area contributed by atoms with Crippen molar-refractivity contribution in [3.05, 3.63) is 23.8 Å². The Hall–Kier alpha value is -2.90. The van der Waals surface area contributed by atoms with Crippen LogP contribution < -0.4 is 15.5 Å². The Labute approximate surface area is 145 Å². The van der Waals surface area contributed by atoms with Gasteiger partial charge in [0.1, 0.15) is 5.92 Å². The van der Waals surface area contributed by atoms with E-state index in [1.54, 1.807) is 39.8 Å². The highest BCUT2D eigenvalue weighted by Crippen LogP contribution is 2.30. The normalized spacial score (nSPS) is 15.8. The van der Waals surface area contributed by atoms with Crippen LogP contribution in [0.4, 0.5) is 16.2 Å². The first kappa shape index (κ1) is 18.4. The Morgan fingerprint density at radius 1 is 1.28 bits per heavy atom. The second-order valence-corrected chi connectivity index (χ2v) is 7.02. The number of nitrogens with one attached hydrogen (secondary N) is 2. The van der Waals surface area contributed by atoms with Gasteiger partial charge in [0.05, 0.1) is 12.2 Å². The van der Waals surface area contributed by atoms with Gasteiger partial charge in [-0.1, -0.05) is 26.8 Å². The van der Waals surface area contributed by atoms with Crippen molar-refractivity contribution in [2.24, 2.45) is 11.3 Å². The van der Waals surface area contributed by atoms with E-state index in [4.69, 9.17) is 0 Å². The summed E-state index contributed by atoms with van der Waals surface area (Å²) in [5, 5.41) is 14.3. The molecule has 0 aromatic heterocycles. The zero-order chi connectivity index (χ0) is 18.9. The third-order valence-electron chi connectivity index (χ3n) is 3.94. The number of anilines is 2. The Morgan fingerprint density at radius 3 is 2.40 bits per heavy atom. The van der Waals surface area contributed by atoms with E-state index < -0.39 is 35.1 Å². The van der Waals surface area contributed by atoms with Crippen LogP contribution in [-0.2, 0) is 14.4 Å². The van der Waals surface area contributed by atoms with E-state index in [1.807, 2.05) is 0 Å². The molecule has 134 valence electrons. The van der Waals surface area contributed by atoms with E-state index in [0.717, 1.165) is 4.90 Å². The molecule has 1 aliphatic rings. The van der Waals surface area contributed by atoms with Crippen LogP contribution in [0.1, 0.15) is 26.3 Å². The molecule has 1 aromatic carbocycles. The van der Waals surface area contributed by atoms with Crippen LogP contribution >= 0.6 is 0 Å². The third kappa shape index (κ3) is 3.78. The van der Waals surface area contributed by atoms with Gasteiger partial charge in [-0.15, -0.1) is 0 Å². The molecular formula is C17H21N3O5. The monoisotopic (exact) mass is 347 g/mol. The molecule has 1 heterocycles. The smallest absolute Gasteiger partial charge is 0.329 e. The van der Waals surface area contributed by atoms with Crippen molar-refractivity contribution >= 4 is 35.2 Å². The van der Waals surface area contributed by atoms with E-state index in [-0.39, 0.29) is 6.54 Å². The fraction of sp³-hybridized carbons (Fsp3) is 0.412. The van der Waals surface area contributed by atoms with Crippen molar-refractivity contribution in [1.82, 2.24) is 5.32 Å². The van der Waals surface area contributed by atoms with Gasteiger partial charge in [0, 0.05) is 5.69 Å². The maximum atomic E-state index is 12.4. The molecule has 1 unspecified atom stereocenters. The lowest BCUT2D eigenvalue weighted by atomic mass is 9.80. The number of carboxylic acids is 1. The van der Waals surface area contributed by atoms with Gasteiger partial charge in [-0.05, 0) is 30.0 Å². The first-order chi connectivity index (χ1) is 11.5. The topological polar surface area (TPSA) is 116 Å². The number of urea groups is 1. The maximum Gasteiger partial charge on any atom is 0.329 e. The summed E-state index contributed by atoms with van der Waals surface area (Å²) < 4.78 is 0. The van der Waals surface area contributed by atoms with Crippen LogP contribution in [0.3, 0.4) is 0 Å². The fourth-order valence-electron chi connectivity index (χ4n) is 2.68. The summed E-state index contributed by atoms with van der Waals surface area (Å²) in [7, 11) is 0. The number of aliphatic carboxylic acids is 1. The molecule has 0 radical (unpaired) electrons. The molecule has 1 aromatic rings. The standard InChI is InChI=1S/C17H21N3O5/c1-9-5-6-10(7-11(9)20-12(21)8-18-16(20)25)19-14(22)13(15(23)24)17(2,3)4/h5-7,13H,8H2,1-4H3,(H,18,25)(H,19,22)(H,23,24). The second kappa shape index (κ2) is 6.54. The average Bonchev–Trinajstić information content (AvgIpc) is 2.78. The highest BCUT2D eigenvalue weighted by atomic mass is 16.4. The minimum Gasteiger partial charge on any atom is -0.481 e. The number of hydrogen-bond donors (Lipinski definition) is 3.